The number of rotatable bonds is 5. The third-order valence-electron chi connectivity index (χ3n) is 5.44. The maximum absolute atomic E-state index is 13.4. The fourth-order valence-electron chi connectivity index (χ4n) is 4.02. The number of aromatic nitrogens is 3. The Kier molecular flexibility index (Phi) is 5.03. The normalized spacial score (nSPS) is 16.0. The van der Waals surface area contributed by atoms with Crippen molar-refractivity contribution in [1.29, 1.82) is 0 Å². The van der Waals surface area contributed by atoms with Crippen molar-refractivity contribution in [3.05, 3.63) is 59.2 Å². The number of hydrogen-bond donors (Lipinski definition) is 0. The van der Waals surface area contributed by atoms with Gasteiger partial charge in [-0.05, 0) is 43.7 Å². The molecule has 0 aliphatic heterocycles. The summed E-state index contributed by atoms with van der Waals surface area (Å²) in [7, 11) is 1.84. The summed E-state index contributed by atoms with van der Waals surface area (Å²) in [4.78, 5) is 19.9. The van der Waals surface area contributed by atoms with Crippen LogP contribution >= 0.6 is 0 Å². The summed E-state index contributed by atoms with van der Waals surface area (Å²) in [5, 5.41) is 4.16. The van der Waals surface area contributed by atoms with Gasteiger partial charge in [-0.15, -0.1) is 0 Å². The first kappa shape index (κ1) is 18.5. The van der Waals surface area contributed by atoms with Crippen molar-refractivity contribution in [3.8, 4) is 11.5 Å². The topological polar surface area (TPSA) is 64.2 Å². The standard InChI is InChI=1S/C22H26N4O2/c1-4-11-26(19-10-9-16-7-5-6-8-17(16)12-19)22(27)20-15(2)28-21(24-20)18-13-23-25(3)14-18/h5-8,13-14,19H,4,9-12H2,1-3H3. The van der Waals surface area contributed by atoms with Crippen molar-refractivity contribution in [2.75, 3.05) is 6.54 Å². The summed E-state index contributed by atoms with van der Waals surface area (Å²) in [6, 6.07) is 8.74. The number of aryl methyl sites for hydroxylation is 3. The van der Waals surface area contributed by atoms with Gasteiger partial charge in [-0.2, -0.15) is 5.10 Å². The fourth-order valence-corrected chi connectivity index (χ4v) is 4.02. The van der Waals surface area contributed by atoms with Crippen molar-refractivity contribution in [2.45, 2.75) is 45.6 Å². The van der Waals surface area contributed by atoms with Gasteiger partial charge >= 0.3 is 0 Å². The molecule has 0 bridgehead atoms. The number of hydrogen-bond acceptors (Lipinski definition) is 4. The lowest BCUT2D eigenvalue weighted by atomic mass is 9.87. The molecule has 6 nitrogen and oxygen atoms in total. The van der Waals surface area contributed by atoms with E-state index < -0.39 is 0 Å². The van der Waals surface area contributed by atoms with Crippen molar-refractivity contribution in [1.82, 2.24) is 19.7 Å². The van der Waals surface area contributed by atoms with Crippen LogP contribution in [0.3, 0.4) is 0 Å². The van der Waals surface area contributed by atoms with Crippen LogP contribution in [-0.2, 0) is 19.9 Å². The van der Waals surface area contributed by atoms with E-state index in [2.05, 4.69) is 41.3 Å². The number of carbonyl (C=O) groups excluding carboxylic acids is 1. The first-order valence-electron chi connectivity index (χ1n) is 9.91. The van der Waals surface area contributed by atoms with Crippen LogP contribution < -0.4 is 0 Å². The van der Waals surface area contributed by atoms with Crippen LogP contribution in [0, 0.1) is 6.92 Å². The highest BCUT2D eigenvalue weighted by Crippen LogP contribution is 2.27. The van der Waals surface area contributed by atoms with Crippen LogP contribution in [0.25, 0.3) is 11.5 Å². The molecule has 0 saturated heterocycles. The second-order valence-corrected chi connectivity index (χ2v) is 7.49. The minimum atomic E-state index is -0.0392. The van der Waals surface area contributed by atoms with Gasteiger partial charge in [0.2, 0.25) is 5.89 Å². The Morgan fingerprint density at radius 2 is 2.11 bits per heavy atom. The average Bonchev–Trinajstić information content (AvgIpc) is 3.31. The first-order valence-corrected chi connectivity index (χ1v) is 9.91. The molecule has 0 N–H and O–H groups in total. The number of fused-ring (bicyclic) bond motifs is 1. The van der Waals surface area contributed by atoms with E-state index in [0.717, 1.165) is 37.8 Å². The van der Waals surface area contributed by atoms with Gasteiger partial charge in [0.15, 0.2) is 5.69 Å². The molecule has 1 aliphatic carbocycles. The second-order valence-electron chi connectivity index (χ2n) is 7.49. The Balaban J connectivity index is 1.60. The molecule has 0 saturated carbocycles. The van der Waals surface area contributed by atoms with Gasteiger partial charge in [0.1, 0.15) is 5.76 Å². The van der Waals surface area contributed by atoms with Crippen molar-refractivity contribution >= 4 is 5.91 Å². The molecule has 0 fully saturated rings. The maximum atomic E-state index is 13.4. The van der Waals surface area contributed by atoms with Gasteiger partial charge in [0, 0.05) is 25.8 Å². The van der Waals surface area contributed by atoms with Gasteiger partial charge in [-0.1, -0.05) is 31.2 Å². The molecule has 6 heteroatoms. The molecular formula is C22H26N4O2. The molecule has 1 atom stereocenters. The molecule has 4 rings (SSSR count). The van der Waals surface area contributed by atoms with Crippen molar-refractivity contribution in [2.24, 2.45) is 7.05 Å². The Labute approximate surface area is 165 Å². The highest BCUT2D eigenvalue weighted by molar-refractivity contribution is 5.94. The quantitative estimate of drug-likeness (QED) is 0.677. The van der Waals surface area contributed by atoms with Gasteiger partial charge in [0.05, 0.1) is 11.8 Å². The number of carbonyl (C=O) groups is 1. The van der Waals surface area contributed by atoms with E-state index in [9.17, 15) is 4.79 Å². The molecule has 28 heavy (non-hydrogen) atoms. The Hall–Kier alpha value is -2.89. The predicted molar refractivity (Wildman–Crippen MR) is 107 cm³/mol. The second kappa shape index (κ2) is 7.62. The summed E-state index contributed by atoms with van der Waals surface area (Å²) in [6.07, 6.45) is 7.33. The molecule has 2 aromatic heterocycles. The summed E-state index contributed by atoms with van der Waals surface area (Å²) >= 11 is 0. The molecule has 0 radical (unpaired) electrons. The van der Waals surface area contributed by atoms with Gasteiger partial charge in [0.25, 0.3) is 5.91 Å². The summed E-state index contributed by atoms with van der Waals surface area (Å²) in [5.74, 6) is 0.961. The molecule has 0 spiro atoms. The average molecular weight is 378 g/mol. The van der Waals surface area contributed by atoms with Crippen LogP contribution in [0.2, 0.25) is 0 Å². The maximum Gasteiger partial charge on any atom is 0.276 e. The molecule has 1 aliphatic rings. The first-order chi connectivity index (χ1) is 13.6. The van der Waals surface area contributed by atoms with Gasteiger partial charge < -0.3 is 9.32 Å². The molecule has 2 heterocycles. The van der Waals surface area contributed by atoms with Crippen LogP contribution in [0.15, 0.2) is 41.1 Å². The Bertz CT molecular complexity index is 988. The SMILES string of the molecule is CCCN(C(=O)c1nc(-c2cnn(C)c2)oc1C)C1CCc2ccccc2C1. The zero-order valence-electron chi connectivity index (χ0n) is 16.7. The third kappa shape index (κ3) is 3.46. The number of oxazole rings is 1. The van der Waals surface area contributed by atoms with Gasteiger partial charge in [-0.3, -0.25) is 9.48 Å². The highest BCUT2D eigenvalue weighted by Gasteiger charge is 2.31. The van der Waals surface area contributed by atoms with E-state index in [1.165, 1.54) is 11.1 Å². The van der Waals surface area contributed by atoms with E-state index in [1.807, 2.05) is 18.1 Å². The largest absolute Gasteiger partial charge is 0.440 e. The lowest BCUT2D eigenvalue weighted by molar-refractivity contribution is 0.0654. The summed E-state index contributed by atoms with van der Waals surface area (Å²) in [6.45, 7) is 4.63. The Morgan fingerprint density at radius 1 is 1.32 bits per heavy atom. The molecule has 1 aromatic carbocycles. The zero-order chi connectivity index (χ0) is 19.7. The van der Waals surface area contributed by atoms with E-state index in [1.54, 1.807) is 17.8 Å². The third-order valence-corrected chi connectivity index (χ3v) is 5.44. The van der Waals surface area contributed by atoms with Crippen LogP contribution in [-0.4, -0.2) is 38.2 Å². The smallest absolute Gasteiger partial charge is 0.276 e. The van der Waals surface area contributed by atoms with Crippen LogP contribution in [0.5, 0.6) is 0 Å². The van der Waals surface area contributed by atoms with Crippen LogP contribution in [0.4, 0.5) is 0 Å². The lowest BCUT2D eigenvalue weighted by Crippen LogP contribution is -2.44. The zero-order valence-corrected chi connectivity index (χ0v) is 16.7. The molecule has 1 unspecified atom stereocenters. The molecule has 3 aromatic rings. The fraction of sp³-hybridized carbons (Fsp3) is 0.409. The highest BCUT2D eigenvalue weighted by atomic mass is 16.4. The van der Waals surface area contributed by atoms with E-state index in [-0.39, 0.29) is 11.9 Å². The minimum Gasteiger partial charge on any atom is -0.440 e. The monoisotopic (exact) mass is 378 g/mol. The van der Waals surface area contributed by atoms with Crippen molar-refractivity contribution in [3.63, 3.8) is 0 Å². The van der Waals surface area contributed by atoms with Gasteiger partial charge in [-0.25, -0.2) is 4.98 Å². The molecule has 146 valence electrons. The number of benzene rings is 1. The van der Waals surface area contributed by atoms with Crippen molar-refractivity contribution < 1.29 is 9.21 Å². The van der Waals surface area contributed by atoms with Crippen LogP contribution in [0.1, 0.15) is 47.1 Å². The number of nitrogens with zero attached hydrogens (tertiary/aromatic N) is 4. The molecule has 1 amide bonds. The Morgan fingerprint density at radius 3 is 2.82 bits per heavy atom. The van der Waals surface area contributed by atoms with E-state index in [4.69, 9.17) is 4.42 Å². The number of amides is 1. The molecular weight excluding hydrogens is 352 g/mol. The summed E-state index contributed by atoms with van der Waals surface area (Å²) in [5.41, 5.74) is 3.93. The minimum absolute atomic E-state index is 0.0392. The predicted octanol–water partition coefficient (Wildman–Crippen LogP) is 3.79. The van der Waals surface area contributed by atoms with E-state index in [0.29, 0.717) is 17.3 Å². The lowest BCUT2D eigenvalue weighted by Gasteiger charge is -2.35. The van der Waals surface area contributed by atoms with E-state index >= 15 is 0 Å². The summed E-state index contributed by atoms with van der Waals surface area (Å²) < 4.78 is 7.49.